The molecule has 5 nitrogen and oxygen atoms in total. The maximum atomic E-state index is 11.5. The summed E-state index contributed by atoms with van der Waals surface area (Å²) in [6.45, 7) is 4.54. The van der Waals surface area contributed by atoms with Crippen molar-refractivity contribution < 1.29 is 14.7 Å². The average molecular weight is 242 g/mol. The van der Waals surface area contributed by atoms with E-state index in [2.05, 4.69) is 17.6 Å². The number of aliphatic carboxylic acids is 1. The Hall–Kier alpha value is -1.26. The molecule has 0 radical (unpaired) electrons. The molecule has 3 N–H and O–H groups in total. The van der Waals surface area contributed by atoms with Crippen LogP contribution in [0.1, 0.15) is 46.0 Å². The zero-order valence-electron chi connectivity index (χ0n) is 10.6. The Kier molecular flexibility index (Phi) is 4.78. The predicted octanol–water partition coefficient (Wildman–Crippen LogP) is 1.73. The summed E-state index contributed by atoms with van der Waals surface area (Å²) >= 11 is 0. The Morgan fingerprint density at radius 1 is 1.41 bits per heavy atom. The lowest BCUT2D eigenvalue weighted by Crippen LogP contribution is -2.43. The maximum absolute atomic E-state index is 11.5. The van der Waals surface area contributed by atoms with Gasteiger partial charge in [0.05, 0.1) is 6.42 Å². The van der Waals surface area contributed by atoms with Gasteiger partial charge in [-0.05, 0) is 31.6 Å². The predicted molar refractivity (Wildman–Crippen MR) is 64.8 cm³/mol. The lowest BCUT2D eigenvalue weighted by Gasteiger charge is -2.17. The van der Waals surface area contributed by atoms with E-state index in [0.29, 0.717) is 12.0 Å². The van der Waals surface area contributed by atoms with E-state index in [1.54, 1.807) is 6.92 Å². The molecule has 0 heterocycles. The highest BCUT2D eigenvalue weighted by Crippen LogP contribution is 2.48. The first-order chi connectivity index (χ1) is 7.97. The van der Waals surface area contributed by atoms with Crippen LogP contribution in [-0.4, -0.2) is 29.7 Å². The number of carbonyl (C=O) groups excluding carboxylic acids is 1. The average Bonchev–Trinajstić information content (AvgIpc) is 2.95. The molecule has 1 atom stereocenters. The van der Waals surface area contributed by atoms with Crippen LogP contribution in [-0.2, 0) is 4.79 Å². The SMILES string of the molecule is CCCC1(CNC(=O)NC(C)CC(=O)O)CC1. The molecule has 0 aromatic carbocycles. The summed E-state index contributed by atoms with van der Waals surface area (Å²) in [5.41, 5.74) is 0.322. The molecule has 0 aromatic rings. The van der Waals surface area contributed by atoms with Gasteiger partial charge in [-0.15, -0.1) is 0 Å². The third-order valence-corrected chi connectivity index (χ3v) is 3.22. The fraction of sp³-hybridized carbons (Fsp3) is 0.833. The van der Waals surface area contributed by atoms with Gasteiger partial charge in [-0.3, -0.25) is 4.79 Å². The number of carboxylic acid groups (broad SMARTS) is 1. The number of carbonyl (C=O) groups is 2. The molecular formula is C12H22N2O3. The quantitative estimate of drug-likeness (QED) is 0.636. The Bertz CT molecular complexity index is 287. The Morgan fingerprint density at radius 3 is 2.53 bits per heavy atom. The summed E-state index contributed by atoms with van der Waals surface area (Å²) in [6.07, 6.45) is 4.61. The van der Waals surface area contributed by atoms with E-state index in [0.717, 1.165) is 12.8 Å². The second kappa shape index (κ2) is 5.89. The van der Waals surface area contributed by atoms with Gasteiger partial charge in [0.2, 0.25) is 0 Å². The third kappa shape index (κ3) is 5.06. The van der Waals surface area contributed by atoms with E-state index in [9.17, 15) is 9.59 Å². The second-order valence-electron chi connectivity index (χ2n) is 5.08. The van der Waals surface area contributed by atoms with Gasteiger partial charge in [0, 0.05) is 12.6 Å². The number of hydrogen-bond donors (Lipinski definition) is 3. The number of hydrogen-bond acceptors (Lipinski definition) is 2. The van der Waals surface area contributed by atoms with Crippen LogP contribution >= 0.6 is 0 Å². The zero-order chi connectivity index (χ0) is 12.9. The highest BCUT2D eigenvalue weighted by atomic mass is 16.4. The number of carboxylic acids is 1. The van der Waals surface area contributed by atoms with Crippen LogP contribution in [0.2, 0.25) is 0 Å². The first-order valence-electron chi connectivity index (χ1n) is 6.23. The molecular weight excluding hydrogens is 220 g/mol. The van der Waals surface area contributed by atoms with Crippen molar-refractivity contribution in [3.05, 3.63) is 0 Å². The van der Waals surface area contributed by atoms with Crippen molar-refractivity contribution >= 4 is 12.0 Å². The van der Waals surface area contributed by atoms with Crippen LogP contribution < -0.4 is 10.6 Å². The van der Waals surface area contributed by atoms with E-state index in [1.807, 2.05) is 0 Å². The van der Waals surface area contributed by atoms with Gasteiger partial charge in [-0.1, -0.05) is 13.3 Å². The van der Waals surface area contributed by atoms with Gasteiger partial charge < -0.3 is 15.7 Å². The van der Waals surface area contributed by atoms with Crippen molar-refractivity contribution in [2.45, 2.75) is 52.0 Å². The van der Waals surface area contributed by atoms with Crippen molar-refractivity contribution in [3.8, 4) is 0 Å². The van der Waals surface area contributed by atoms with Crippen LogP contribution in [0.15, 0.2) is 0 Å². The van der Waals surface area contributed by atoms with Crippen LogP contribution in [0, 0.1) is 5.41 Å². The highest BCUT2D eigenvalue weighted by molar-refractivity contribution is 5.75. The zero-order valence-corrected chi connectivity index (χ0v) is 10.6. The monoisotopic (exact) mass is 242 g/mol. The van der Waals surface area contributed by atoms with Gasteiger partial charge in [0.15, 0.2) is 0 Å². The van der Waals surface area contributed by atoms with Gasteiger partial charge >= 0.3 is 12.0 Å². The number of rotatable bonds is 7. The lowest BCUT2D eigenvalue weighted by atomic mass is 10.0. The van der Waals surface area contributed by atoms with Crippen molar-refractivity contribution in [1.29, 1.82) is 0 Å². The molecule has 0 aromatic heterocycles. The van der Waals surface area contributed by atoms with Crippen molar-refractivity contribution in [3.63, 3.8) is 0 Å². The van der Waals surface area contributed by atoms with E-state index < -0.39 is 5.97 Å². The minimum Gasteiger partial charge on any atom is -0.481 e. The van der Waals surface area contributed by atoms with E-state index in [-0.39, 0.29) is 18.5 Å². The van der Waals surface area contributed by atoms with Gasteiger partial charge in [-0.25, -0.2) is 4.79 Å². The summed E-state index contributed by atoms with van der Waals surface area (Å²) in [7, 11) is 0. The summed E-state index contributed by atoms with van der Waals surface area (Å²) < 4.78 is 0. The Labute approximate surface area is 102 Å². The van der Waals surface area contributed by atoms with Crippen LogP contribution in [0.25, 0.3) is 0 Å². The molecule has 0 spiro atoms. The van der Waals surface area contributed by atoms with Crippen molar-refractivity contribution in [2.24, 2.45) is 5.41 Å². The van der Waals surface area contributed by atoms with Crippen LogP contribution in [0.5, 0.6) is 0 Å². The standard InChI is InChI=1S/C12H22N2O3/c1-3-4-12(5-6-12)8-13-11(17)14-9(2)7-10(15)16/h9H,3-8H2,1-2H3,(H,15,16)(H2,13,14,17). The molecule has 1 fully saturated rings. The summed E-state index contributed by atoms with van der Waals surface area (Å²) in [4.78, 5) is 21.9. The topological polar surface area (TPSA) is 78.4 Å². The fourth-order valence-electron chi connectivity index (χ4n) is 2.08. The molecule has 1 rings (SSSR count). The van der Waals surface area contributed by atoms with E-state index in [4.69, 9.17) is 5.11 Å². The van der Waals surface area contributed by atoms with Gasteiger partial charge in [0.25, 0.3) is 0 Å². The molecule has 1 aliphatic carbocycles. The fourth-order valence-corrected chi connectivity index (χ4v) is 2.08. The lowest BCUT2D eigenvalue weighted by molar-refractivity contribution is -0.137. The minimum absolute atomic E-state index is 0.0481. The summed E-state index contributed by atoms with van der Waals surface area (Å²) in [5, 5.41) is 14.0. The molecule has 98 valence electrons. The molecule has 1 saturated carbocycles. The van der Waals surface area contributed by atoms with E-state index >= 15 is 0 Å². The largest absolute Gasteiger partial charge is 0.481 e. The second-order valence-corrected chi connectivity index (χ2v) is 5.08. The molecule has 0 bridgehead atoms. The minimum atomic E-state index is -0.901. The third-order valence-electron chi connectivity index (χ3n) is 3.22. The molecule has 5 heteroatoms. The summed E-state index contributed by atoms with van der Waals surface area (Å²) in [5.74, 6) is -0.901. The first-order valence-corrected chi connectivity index (χ1v) is 6.23. The number of urea groups is 1. The molecule has 17 heavy (non-hydrogen) atoms. The van der Waals surface area contributed by atoms with Crippen LogP contribution in [0.4, 0.5) is 4.79 Å². The normalized spacial score (nSPS) is 18.2. The summed E-state index contributed by atoms with van der Waals surface area (Å²) in [6, 6.07) is -0.602. The van der Waals surface area contributed by atoms with Crippen molar-refractivity contribution in [2.75, 3.05) is 6.54 Å². The number of nitrogens with one attached hydrogen (secondary N) is 2. The maximum Gasteiger partial charge on any atom is 0.315 e. The van der Waals surface area contributed by atoms with E-state index in [1.165, 1.54) is 12.8 Å². The van der Waals surface area contributed by atoms with Crippen molar-refractivity contribution in [1.82, 2.24) is 10.6 Å². The molecule has 2 amide bonds. The Balaban J connectivity index is 2.19. The molecule has 0 saturated heterocycles. The molecule has 0 aliphatic heterocycles. The van der Waals surface area contributed by atoms with Gasteiger partial charge in [-0.2, -0.15) is 0 Å². The van der Waals surface area contributed by atoms with Crippen LogP contribution in [0.3, 0.4) is 0 Å². The Morgan fingerprint density at radius 2 is 2.06 bits per heavy atom. The number of amides is 2. The molecule has 1 aliphatic rings. The first kappa shape index (κ1) is 13.8. The van der Waals surface area contributed by atoms with Gasteiger partial charge in [0.1, 0.15) is 0 Å². The molecule has 1 unspecified atom stereocenters. The highest BCUT2D eigenvalue weighted by Gasteiger charge is 2.41. The smallest absolute Gasteiger partial charge is 0.315 e.